The summed E-state index contributed by atoms with van der Waals surface area (Å²) in [6, 6.07) is 16.9. The van der Waals surface area contributed by atoms with E-state index in [0.29, 0.717) is 5.75 Å². The van der Waals surface area contributed by atoms with Crippen molar-refractivity contribution in [2.45, 2.75) is 0 Å². The highest BCUT2D eigenvalue weighted by Crippen LogP contribution is 2.53. The van der Waals surface area contributed by atoms with Crippen LogP contribution in [0.4, 0.5) is 0 Å². The van der Waals surface area contributed by atoms with Crippen molar-refractivity contribution < 1.29 is 9.30 Å². The molecule has 2 nitrogen and oxygen atoms in total. The van der Waals surface area contributed by atoms with Crippen molar-refractivity contribution in [3.05, 3.63) is 54.6 Å². The fraction of sp³-hybridized carbons (Fsp3) is 0.0769. The Labute approximate surface area is 103 Å². The van der Waals surface area contributed by atoms with Crippen LogP contribution in [0.3, 0.4) is 0 Å². The average Bonchev–Trinajstić information content (AvgIpc) is 2.39. The van der Waals surface area contributed by atoms with E-state index in [9.17, 15) is 4.57 Å². The molecule has 0 saturated carbocycles. The van der Waals surface area contributed by atoms with Gasteiger partial charge in [-0.1, -0.05) is 51.4 Å². The fourth-order valence-electron chi connectivity index (χ4n) is 1.69. The molecular weight excluding hydrogens is 250 g/mol. The second kappa shape index (κ2) is 5.04. The Hall–Kier alpha value is -1.10. The van der Waals surface area contributed by atoms with E-state index in [4.69, 9.17) is 4.74 Å². The first-order valence-electron chi connectivity index (χ1n) is 5.24. The molecule has 0 aliphatic heterocycles. The van der Waals surface area contributed by atoms with E-state index in [-0.39, 0.29) is 0 Å². The van der Waals surface area contributed by atoms with Crippen LogP contribution in [0.5, 0.6) is 5.75 Å². The quantitative estimate of drug-likeness (QED) is 0.797. The zero-order chi connectivity index (χ0) is 12.3. The highest BCUT2D eigenvalue weighted by Gasteiger charge is 2.24. The first kappa shape index (κ1) is 12.4. The molecule has 2 rings (SSSR count). The van der Waals surface area contributed by atoms with Gasteiger partial charge in [-0.3, -0.25) is 0 Å². The molecule has 0 aliphatic rings. The molecule has 88 valence electrons. The maximum absolute atomic E-state index is 12.9. The molecule has 0 aromatic heterocycles. The van der Waals surface area contributed by atoms with Crippen LogP contribution in [0.1, 0.15) is 0 Å². The molecule has 1 unspecified atom stereocenters. The summed E-state index contributed by atoms with van der Waals surface area (Å²) in [4.78, 5) is 0. The molecule has 4 heteroatoms. The highest BCUT2D eigenvalue weighted by molar-refractivity contribution is 8.25. The highest BCUT2D eigenvalue weighted by atomic mass is 32.0. The lowest BCUT2D eigenvalue weighted by atomic mass is 10.3. The first-order valence-corrected chi connectivity index (χ1v) is 8.56. The zero-order valence-electron chi connectivity index (χ0n) is 9.54. The Morgan fingerprint density at radius 1 is 1.00 bits per heavy atom. The van der Waals surface area contributed by atoms with Gasteiger partial charge in [-0.2, -0.15) is 0 Å². The Morgan fingerprint density at radius 3 is 2.24 bits per heavy atom. The molecule has 0 fully saturated rings. The van der Waals surface area contributed by atoms with Crippen LogP contribution in [0.15, 0.2) is 54.6 Å². The van der Waals surface area contributed by atoms with Gasteiger partial charge in [-0.15, -0.1) is 0 Å². The number of para-hydroxylation sites is 1. The van der Waals surface area contributed by atoms with E-state index >= 15 is 0 Å². The molecular formula is C13H14O2P2. The number of hydrogen-bond donors (Lipinski definition) is 0. The second-order valence-corrected chi connectivity index (χ2v) is 8.16. The standard InChI is InChI=1S/C13H14O2P2/c1-15-12-9-5-6-10-13(12)17(14,16)11-7-3-2-4-8-11/h2-10H,16H2,1H3/t17-/m0/s1. The summed E-state index contributed by atoms with van der Waals surface area (Å²) in [7, 11) is 4.08. The van der Waals surface area contributed by atoms with Gasteiger partial charge in [0, 0.05) is 5.30 Å². The predicted molar refractivity (Wildman–Crippen MR) is 76.0 cm³/mol. The van der Waals surface area contributed by atoms with Gasteiger partial charge < -0.3 is 9.30 Å². The van der Waals surface area contributed by atoms with Gasteiger partial charge in [-0.25, -0.2) is 0 Å². The predicted octanol–water partition coefficient (Wildman–Crippen LogP) is 2.80. The summed E-state index contributed by atoms with van der Waals surface area (Å²) >= 11 is 0. The molecule has 17 heavy (non-hydrogen) atoms. The number of rotatable bonds is 3. The lowest BCUT2D eigenvalue weighted by Gasteiger charge is -2.16. The van der Waals surface area contributed by atoms with Crippen molar-refractivity contribution >= 4 is 26.4 Å². The fourth-order valence-corrected chi connectivity index (χ4v) is 4.54. The number of methoxy groups -OCH3 is 1. The maximum atomic E-state index is 12.9. The van der Waals surface area contributed by atoms with Crippen LogP contribution in [-0.4, -0.2) is 7.11 Å². The average molecular weight is 264 g/mol. The summed E-state index contributed by atoms with van der Waals surface area (Å²) in [5.74, 6) is 0.662. The SMILES string of the molecule is COc1ccccc1[P@@](=O)(P)c1ccccc1. The molecule has 2 aromatic carbocycles. The lowest BCUT2D eigenvalue weighted by Crippen LogP contribution is -2.13. The van der Waals surface area contributed by atoms with E-state index < -0.39 is 6.83 Å². The lowest BCUT2D eigenvalue weighted by molar-refractivity contribution is 0.418. The molecule has 0 spiro atoms. The Kier molecular flexibility index (Phi) is 3.66. The minimum absolute atomic E-state index is 0.662. The van der Waals surface area contributed by atoms with Crippen LogP contribution in [0, 0.1) is 0 Å². The summed E-state index contributed by atoms with van der Waals surface area (Å²) < 4.78 is 18.1. The normalized spacial score (nSPS) is 14.0. The van der Waals surface area contributed by atoms with Gasteiger partial charge in [0.05, 0.1) is 12.4 Å². The van der Waals surface area contributed by atoms with Gasteiger partial charge in [0.2, 0.25) is 0 Å². The Morgan fingerprint density at radius 2 is 1.59 bits per heavy atom. The molecule has 0 radical (unpaired) electrons. The van der Waals surface area contributed by atoms with Crippen LogP contribution >= 0.6 is 15.8 Å². The third kappa shape index (κ3) is 2.44. The van der Waals surface area contributed by atoms with Crippen molar-refractivity contribution in [2.24, 2.45) is 0 Å². The van der Waals surface area contributed by atoms with Crippen molar-refractivity contribution in [3.63, 3.8) is 0 Å². The maximum Gasteiger partial charge on any atom is 0.160 e. The molecule has 0 heterocycles. The molecule has 0 N–H and O–H groups in total. The molecule has 2 aromatic rings. The Bertz CT molecular complexity index is 552. The van der Waals surface area contributed by atoms with E-state index in [1.165, 1.54) is 0 Å². The van der Waals surface area contributed by atoms with E-state index in [2.05, 4.69) is 8.93 Å². The van der Waals surface area contributed by atoms with Crippen molar-refractivity contribution in [1.29, 1.82) is 0 Å². The summed E-state index contributed by atoms with van der Waals surface area (Å²) in [6.45, 7) is -2.66. The summed E-state index contributed by atoms with van der Waals surface area (Å²) in [5, 5.41) is 1.55. The molecule has 2 atom stereocenters. The largest absolute Gasteiger partial charge is 0.496 e. The van der Waals surface area contributed by atoms with Crippen LogP contribution in [0.2, 0.25) is 0 Å². The van der Waals surface area contributed by atoms with Gasteiger partial charge in [-0.05, 0) is 12.1 Å². The van der Waals surface area contributed by atoms with Gasteiger partial charge in [0.1, 0.15) is 5.75 Å². The number of hydrogen-bond acceptors (Lipinski definition) is 2. The molecule has 0 saturated heterocycles. The van der Waals surface area contributed by atoms with Crippen molar-refractivity contribution in [3.8, 4) is 5.75 Å². The summed E-state index contributed by atoms with van der Waals surface area (Å²) in [6.07, 6.45) is 0. The van der Waals surface area contributed by atoms with Crippen LogP contribution in [-0.2, 0) is 4.57 Å². The van der Waals surface area contributed by atoms with E-state index in [0.717, 1.165) is 10.6 Å². The smallest absolute Gasteiger partial charge is 0.160 e. The van der Waals surface area contributed by atoms with Crippen LogP contribution < -0.4 is 15.3 Å². The van der Waals surface area contributed by atoms with Crippen molar-refractivity contribution in [1.82, 2.24) is 0 Å². The molecule has 0 aliphatic carbocycles. The second-order valence-electron chi connectivity index (χ2n) is 3.67. The van der Waals surface area contributed by atoms with Crippen molar-refractivity contribution in [2.75, 3.05) is 7.11 Å². The third-order valence-corrected chi connectivity index (χ3v) is 6.46. The van der Waals surface area contributed by atoms with Gasteiger partial charge in [0.15, 0.2) is 6.83 Å². The van der Waals surface area contributed by atoms with Gasteiger partial charge in [0.25, 0.3) is 0 Å². The topological polar surface area (TPSA) is 26.3 Å². The third-order valence-electron chi connectivity index (χ3n) is 2.58. The number of benzene rings is 2. The number of ether oxygens (including phenoxy) is 1. The van der Waals surface area contributed by atoms with Gasteiger partial charge >= 0.3 is 0 Å². The minimum Gasteiger partial charge on any atom is -0.496 e. The monoisotopic (exact) mass is 264 g/mol. The molecule has 0 amide bonds. The summed E-state index contributed by atoms with van der Waals surface area (Å²) in [5.41, 5.74) is 0. The molecule has 0 bridgehead atoms. The first-order chi connectivity index (χ1) is 8.16. The minimum atomic E-state index is -2.66. The zero-order valence-corrected chi connectivity index (χ0v) is 11.6. The Balaban J connectivity index is 2.56. The van der Waals surface area contributed by atoms with Crippen LogP contribution in [0.25, 0.3) is 0 Å². The van der Waals surface area contributed by atoms with E-state index in [1.54, 1.807) is 7.11 Å². The van der Waals surface area contributed by atoms with E-state index in [1.807, 2.05) is 54.6 Å².